The number of phenolic OH excluding ortho intramolecular Hbond substituents is 1. The number of benzene rings is 3. The van der Waals surface area contributed by atoms with Gasteiger partial charge in [0, 0.05) is 36.1 Å². The van der Waals surface area contributed by atoms with Crippen molar-refractivity contribution in [3.8, 4) is 41.0 Å². The fourth-order valence-corrected chi connectivity index (χ4v) is 8.06. The molecule has 4 aromatic rings. The molecule has 1 aromatic heterocycles. The molecule has 0 amide bonds. The van der Waals surface area contributed by atoms with E-state index in [1.807, 2.05) is 18.2 Å². The summed E-state index contributed by atoms with van der Waals surface area (Å²) < 4.78 is 12.4. The Kier molecular flexibility index (Phi) is 6.35. The Morgan fingerprint density at radius 3 is 2.70 bits per heavy atom. The Labute approximate surface area is 259 Å². The van der Waals surface area contributed by atoms with Gasteiger partial charge in [0.25, 0.3) is 0 Å². The van der Waals surface area contributed by atoms with Crippen LogP contribution in [-0.4, -0.2) is 87.1 Å². The maximum atomic E-state index is 11.5. The molecule has 4 N–H and O–H groups in total. The van der Waals surface area contributed by atoms with E-state index in [0.717, 1.165) is 43.2 Å². The molecule has 8 rings (SSSR count). The summed E-state index contributed by atoms with van der Waals surface area (Å²) in [5.41, 5.74) is 1.37. The third kappa shape index (κ3) is 4.04. The van der Waals surface area contributed by atoms with Crippen LogP contribution in [0, 0.1) is 12.3 Å². The zero-order valence-corrected chi connectivity index (χ0v) is 24.8. The molecule has 4 aliphatic rings. The number of halogens is 1. The van der Waals surface area contributed by atoms with Crippen LogP contribution in [0.3, 0.4) is 0 Å². The van der Waals surface area contributed by atoms with E-state index < -0.39 is 11.5 Å². The van der Waals surface area contributed by atoms with Crippen LogP contribution in [0.2, 0.25) is 5.02 Å². The lowest BCUT2D eigenvalue weighted by Crippen LogP contribution is -2.62. The van der Waals surface area contributed by atoms with Crippen molar-refractivity contribution in [2.75, 3.05) is 44.2 Å². The van der Waals surface area contributed by atoms with Gasteiger partial charge in [0.2, 0.25) is 0 Å². The molecule has 4 aliphatic heterocycles. The highest BCUT2D eigenvalue weighted by Gasteiger charge is 2.60. The first kappa shape index (κ1) is 27.7. The van der Waals surface area contributed by atoms with Crippen molar-refractivity contribution in [1.82, 2.24) is 20.2 Å². The fourth-order valence-electron chi connectivity index (χ4n) is 7.76. The molecular formula is C33H32ClN5O5. The molecular weight excluding hydrogens is 582 g/mol. The van der Waals surface area contributed by atoms with Crippen LogP contribution >= 0.6 is 11.6 Å². The zero-order valence-electron chi connectivity index (χ0n) is 24.0. The Morgan fingerprint density at radius 2 is 1.91 bits per heavy atom. The number of nitrogens with zero attached hydrogens (tertiary/aromatic N) is 4. The number of piperazine rings is 1. The quantitative estimate of drug-likeness (QED) is 0.201. The number of terminal acetylenes is 1. The molecule has 226 valence electrons. The molecule has 10 nitrogen and oxygen atoms in total. The highest BCUT2D eigenvalue weighted by atomic mass is 35.5. The van der Waals surface area contributed by atoms with E-state index in [1.54, 1.807) is 18.2 Å². The standard InChI is InChI=1S/C33H32ClN5O5/c1-2-19-6-3-7-20-14-22(40)15-23(26(19)20)24-16-25-27-29(28(24)34)43-18-21-17-35-10-13-39(21)30(27)37-31(36-25)44-33(41,42)32-8-4-11-38(32)12-5-9-32/h1,3,6-7,14-16,21,35,40-42H,4-5,8-13,17-18H2. The van der Waals surface area contributed by atoms with Gasteiger partial charge in [0.05, 0.1) is 22.0 Å². The van der Waals surface area contributed by atoms with Crippen molar-refractivity contribution >= 4 is 39.1 Å². The minimum atomic E-state index is -2.49. The monoisotopic (exact) mass is 613 g/mol. The topological polar surface area (TPSA) is 123 Å². The predicted molar refractivity (Wildman–Crippen MR) is 167 cm³/mol. The Morgan fingerprint density at radius 1 is 1.09 bits per heavy atom. The summed E-state index contributed by atoms with van der Waals surface area (Å²) in [5.74, 6) is 1.29. The van der Waals surface area contributed by atoms with Crippen LogP contribution in [0.4, 0.5) is 5.82 Å². The van der Waals surface area contributed by atoms with Crippen LogP contribution in [0.25, 0.3) is 32.8 Å². The number of fused-ring (bicyclic) bond motifs is 4. The molecule has 0 spiro atoms. The molecule has 44 heavy (non-hydrogen) atoms. The van der Waals surface area contributed by atoms with Gasteiger partial charge in [-0.1, -0.05) is 29.7 Å². The molecule has 0 saturated carbocycles. The van der Waals surface area contributed by atoms with E-state index in [4.69, 9.17) is 37.5 Å². The van der Waals surface area contributed by atoms with Crippen LogP contribution in [0.15, 0.2) is 36.4 Å². The van der Waals surface area contributed by atoms with E-state index in [0.29, 0.717) is 76.7 Å². The van der Waals surface area contributed by atoms with Gasteiger partial charge < -0.3 is 35.0 Å². The summed E-state index contributed by atoms with van der Waals surface area (Å²) in [4.78, 5) is 13.8. The molecule has 3 saturated heterocycles. The summed E-state index contributed by atoms with van der Waals surface area (Å²) in [6, 6.07) is 10.5. The molecule has 3 aromatic carbocycles. The third-order valence-electron chi connectivity index (χ3n) is 9.77. The first-order valence-electron chi connectivity index (χ1n) is 15.1. The smallest absolute Gasteiger partial charge is 0.343 e. The van der Waals surface area contributed by atoms with Crippen LogP contribution < -0.4 is 19.7 Å². The van der Waals surface area contributed by atoms with E-state index >= 15 is 0 Å². The van der Waals surface area contributed by atoms with Gasteiger partial charge in [0.1, 0.15) is 23.7 Å². The summed E-state index contributed by atoms with van der Waals surface area (Å²) in [5, 5.41) is 39.6. The first-order valence-corrected chi connectivity index (χ1v) is 15.4. The SMILES string of the molecule is C#Cc1cccc2cc(O)cc(-c3cc4nc(OC(O)(O)C56CCCN5CCC6)nc5c4c(c3Cl)OCC3CNCCN53)c12. The van der Waals surface area contributed by atoms with Gasteiger partial charge in [0.15, 0.2) is 5.75 Å². The largest absolute Gasteiger partial charge is 0.508 e. The van der Waals surface area contributed by atoms with Crippen molar-refractivity contribution in [2.24, 2.45) is 0 Å². The summed E-state index contributed by atoms with van der Waals surface area (Å²) >= 11 is 7.17. The molecule has 1 unspecified atom stereocenters. The number of nitrogens with one attached hydrogen (secondary N) is 1. The van der Waals surface area contributed by atoms with Gasteiger partial charge in [-0.2, -0.15) is 9.97 Å². The number of hydrogen-bond donors (Lipinski definition) is 4. The number of aromatic nitrogens is 2. The number of hydrogen-bond acceptors (Lipinski definition) is 10. The predicted octanol–water partition coefficient (Wildman–Crippen LogP) is 3.61. The van der Waals surface area contributed by atoms with Gasteiger partial charge in [-0.05, 0) is 74.0 Å². The highest BCUT2D eigenvalue weighted by molar-refractivity contribution is 6.37. The number of rotatable bonds is 4. The normalized spacial score (nSPS) is 21.0. The van der Waals surface area contributed by atoms with Gasteiger partial charge >= 0.3 is 12.0 Å². The molecule has 11 heteroatoms. The van der Waals surface area contributed by atoms with Crippen LogP contribution in [-0.2, 0) is 0 Å². The zero-order chi connectivity index (χ0) is 30.2. The number of ether oxygens (including phenoxy) is 2. The average molecular weight is 614 g/mol. The van der Waals surface area contributed by atoms with E-state index in [-0.39, 0.29) is 17.8 Å². The molecule has 3 fully saturated rings. The Balaban J connectivity index is 1.36. The first-order chi connectivity index (χ1) is 21.3. The van der Waals surface area contributed by atoms with Crippen molar-refractivity contribution < 1.29 is 24.8 Å². The van der Waals surface area contributed by atoms with Crippen molar-refractivity contribution in [3.05, 3.63) is 47.0 Å². The third-order valence-corrected chi connectivity index (χ3v) is 10.1. The molecule has 1 atom stereocenters. The highest BCUT2D eigenvalue weighted by Crippen LogP contribution is 2.50. The lowest BCUT2D eigenvalue weighted by molar-refractivity contribution is -0.349. The van der Waals surface area contributed by atoms with E-state index in [9.17, 15) is 15.3 Å². The Bertz CT molecular complexity index is 1860. The summed E-state index contributed by atoms with van der Waals surface area (Å²) in [7, 11) is 0. The van der Waals surface area contributed by atoms with Gasteiger partial charge in [-0.15, -0.1) is 6.42 Å². The average Bonchev–Trinajstić information content (AvgIpc) is 3.58. The van der Waals surface area contributed by atoms with Crippen LogP contribution in [0.5, 0.6) is 17.5 Å². The second kappa shape index (κ2) is 10.1. The van der Waals surface area contributed by atoms with Crippen molar-refractivity contribution in [3.63, 3.8) is 0 Å². The van der Waals surface area contributed by atoms with E-state index in [2.05, 4.69) is 21.0 Å². The second-order valence-electron chi connectivity index (χ2n) is 12.1. The number of phenols is 1. The van der Waals surface area contributed by atoms with Crippen molar-refractivity contribution in [2.45, 2.75) is 43.2 Å². The maximum Gasteiger partial charge on any atom is 0.343 e. The minimum Gasteiger partial charge on any atom is -0.508 e. The number of aliphatic hydroxyl groups is 2. The number of anilines is 1. The van der Waals surface area contributed by atoms with E-state index in [1.165, 1.54) is 0 Å². The van der Waals surface area contributed by atoms with Gasteiger partial charge in [-0.3, -0.25) is 4.90 Å². The molecule has 0 aliphatic carbocycles. The molecule has 0 radical (unpaired) electrons. The minimum absolute atomic E-state index is 0.0528. The number of aromatic hydroxyl groups is 1. The van der Waals surface area contributed by atoms with Crippen molar-refractivity contribution in [1.29, 1.82) is 0 Å². The summed E-state index contributed by atoms with van der Waals surface area (Å²) in [6.07, 6.45) is 8.84. The summed E-state index contributed by atoms with van der Waals surface area (Å²) in [6.45, 7) is 3.99. The lowest BCUT2D eigenvalue weighted by Gasteiger charge is -2.41. The van der Waals surface area contributed by atoms with Crippen LogP contribution in [0.1, 0.15) is 31.2 Å². The fraction of sp³-hybridized carbons (Fsp3) is 0.394. The second-order valence-corrected chi connectivity index (χ2v) is 12.5. The molecule has 0 bridgehead atoms. The Hall–Kier alpha value is -3.85. The molecule has 5 heterocycles. The van der Waals surface area contributed by atoms with Gasteiger partial charge in [-0.25, -0.2) is 0 Å². The maximum absolute atomic E-state index is 11.5. The lowest BCUT2D eigenvalue weighted by atomic mass is 9.91.